The van der Waals surface area contributed by atoms with E-state index in [4.69, 9.17) is 5.73 Å². The Morgan fingerprint density at radius 1 is 1.32 bits per heavy atom. The van der Waals surface area contributed by atoms with Gasteiger partial charge in [0.15, 0.2) is 5.78 Å². The van der Waals surface area contributed by atoms with Crippen molar-refractivity contribution in [3.63, 3.8) is 0 Å². The van der Waals surface area contributed by atoms with Crippen molar-refractivity contribution in [1.29, 1.82) is 0 Å². The number of carbonyl (C=O) groups excluding carboxylic acids is 3. The van der Waals surface area contributed by atoms with Gasteiger partial charge < -0.3 is 21.1 Å². The standard InChI is InChI=1S/C12H15N3O4/c1-8(16)9-3-2-4-10(7-9)15-12(18)14-5-6-19-11(13)17/h2-4,7H,5-6H2,1H3,(H2,13,17)(H2,14,15,18). The van der Waals surface area contributed by atoms with Crippen LogP contribution < -0.4 is 16.4 Å². The predicted molar refractivity (Wildman–Crippen MR) is 69.0 cm³/mol. The number of hydrogen-bond acceptors (Lipinski definition) is 4. The molecule has 1 aromatic rings. The van der Waals surface area contributed by atoms with Crippen molar-refractivity contribution >= 4 is 23.6 Å². The van der Waals surface area contributed by atoms with E-state index in [1.54, 1.807) is 24.3 Å². The Morgan fingerprint density at radius 3 is 2.68 bits per heavy atom. The first-order valence-electron chi connectivity index (χ1n) is 5.57. The van der Waals surface area contributed by atoms with Gasteiger partial charge in [-0.2, -0.15) is 0 Å². The van der Waals surface area contributed by atoms with Crippen LogP contribution in [0.2, 0.25) is 0 Å². The molecule has 1 aromatic carbocycles. The summed E-state index contributed by atoms with van der Waals surface area (Å²) in [7, 11) is 0. The fourth-order valence-electron chi connectivity index (χ4n) is 1.31. The van der Waals surface area contributed by atoms with Crippen LogP contribution in [0.1, 0.15) is 17.3 Å². The van der Waals surface area contributed by atoms with Crippen molar-refractivity contribution in [2.24, 2.45) is 5.73 Å². The number of primary amides is 1. The van der Waals surface area contributed by atoms with E-state index in [1.165, 1.54) is 6.92 Å². The number of rotatable bonds is 5. The predicted octanol–water partition coefficient (Wildman–Crippen LogP) is 1.11. The smallest absolute Gasteiger partial charge is 0.404 e. The maximum absolute atomic E-state index is 11.5. The summed E-state index contributed by atoms with van der Waals surface area (Å²) in [5.74, 6) is -0.0843. The second-order valence-corrected chi connectivity index (χ2v) is 3.69. The lowest BCUT2D eigenvalue weighted by atomic mass is 10.1. The summed E-state index contributed by atoms with van der Waals surface area (Å²) in [5, 5.41) is 5.02. The Kier molecular flexibility index (Phi) is 5.34. The molecule has 0 fully saturated rings. The first kappa shape index (κ1) is 14.5. The molecule has 4 N–H and O–H groups in total. The van der Waals surface area contributed by atoms with Crippen molar-refractivity contribution in [3.05, 3.63) is 29.8 Å². The Labute approximate surface area is 110 Å². The van der Waals surface area contributed by atoms with Crippen molar-refractivity contribution in [1.82, 2.24) is 5.32 Å². The third-order valence-corrected chi connectivity index (χ3v) is 2.16. The second kappa shape index (κ2) is 7.00. The van der Waals surface area contributed by atoms with Crippen LogP contribution in [0.25, 0.3) is 0 Å². The highest BCUT2D eigenvalue weighted by molar-refractivity contribution is 5.96. The molecule has 0 bridgehead atoms. The molecule has 0 aliphatic rings. The molecule has 0 heterocycles. The minimum Gasteiger partial charge on any atom is -0.448 e. The molecule has 3 amide bonds. The number of carbonyl (C=O) groups is 3. The fraction of sp³-hybridized carbons (Fsp3) is 0.250. The van der Waals surface area contributed by atoms with E-state index >= 15 is 0 Å². The number of nitrogens with one attached hydrogen (secondary N) is 2. The lowest BCUT2D eigenvalue weighted by molar-refractivity contribution is 0.101. The summed E-state index contributed by atoms with van der Waals surface area (Å²) in [4.78, 5) is 32.9. The summed E-state index contributed by atoms with van der Waals surface area (Å²) >= 11 is 0. The van der Waals surface area contributed by atoms with Crippen molar-refractivity contribution in [2.45, 2.75) is 6.92 Å². The molecule has 102 valence electrons. The third-order valence-electron chi connectivity index (χ3n) is 2.16. The van der Waals surface area contributed by atoms with E-state index in [-0.39, 0.29) is 18.9 Å². The van der Waals surface area contributed by atoms with Gasteiger partial charge in [0.05, 0.1) is 6.54 Å². The number of ether oxygens (including phenoxy) is 1. The van der Waals surface area contributed by atoms with Crippen molar-refractivity contribution in [3.8, 4) is 0 Å². The Bertz CT molecular complexity index is 488. The molecule has 7 nitrogen and oxygen atoms in total. The molecule has 0 atom stereocenters. The molecule has 1 rings (SSSR count). The van der Waals surface area contributed by atoms with Crippen LogP contribution in [-0.4, -0.2) is 31.1 Å². The monoisotopic (exact) mass is 265 g/mol. The maximum atomic E-state index is 11.5. The van der Waals surface area contributed by atoms with E-state index in [1.807, 2.05) is 0 Å². The van der Waals surface area contributed by atoms with Gasteiger partial charge >= 0.3 is 12.1 Å². The highest BCUT2D eigenvalue weighted by Gasteiger charge is 2.04. The van der Waals surface area contributed by atoms with E-state index in [0.29, 0.717) is 11.3 Å². The van der Waals surface area contributed by atoms with Crippen LogP contribution in [0.3, 0.4) is 0 Å². The average Bonchev–Trinajstić information content (AvgIpc) is 2.34. The first-order valence-corrected chi connectivity index (χ1v) is 5.57. The average molecular weight is 265 g/mol. The normalized spacial score (nSPS) is 9.53. The quantitative estimate of drug-likeness (QED) is 0.547. The van der Waals surface area contributed by atoms with Gasteiger partial charge in [-0.05, 0) is 19.1 Å². The largest absolute Gasteiger partial charge is 0.448 e. The maximum Gasteiger partial charge on any atom is 0.404 e. The molecule has 0 spiro atoms. The summed E-state index contributed by atoms with van der Waals surface area (Å²) < 4.78 is 4.44. The molecular weight excluding hydrogens is 250 g/mol. The summed E-state index contributed by atoms with van der Waals surface area (Å²) in [6, 6.07) is 6.09. The lowest BCUT2D eigenvalue weighted by Crippen LogP contribution is -2.32. The third kappa shape index (κ3) is 5.53. The van der Waals surface area contributed by atoms with Crippen LogP contribution in [0.4, 0.5) is 15.3 Å². The van der Waals surface area contributed by atoms with E-state index in [2.05, 4.69) is 15.4 Å². The minimum atomic E-state index is -0.892. The highest BCUT2D eigenvalue weighted by atomic mass is 16.5. The van der Waals surface area contributed by atoms with Gasteiger partial charge in [0.2, 0.25) is 0 Å². The van der Waals surface area contributed by atoms with Gasteiger partial charge in [-0.1, -0.05) is 12.1 Å². The molecule has 0 aliphatic heterocycles. The molecule has 0 saturated heterocycles. The fourth-order valence-corrected chi connectivity index (χ4v) is 1.31. The molecule has 0 radical (unpaired) electrons. The number of benzene rings is 1. The van der Waals surface area contributed by atoms with Crippen LogP contribution in [0, 0.1) is 0 Å². The van der Waals surface area contributed by atoms with Gasteiger partial charge in [-0.25, -0.2) is 9.59 Å². The van der Waals surface area contributed by atoms with Crippen LogP contribution in [0.5, 0.6) is 0 Å². The zero-order chi connectivity index (χ0) is 14.3. The molecule has 7 heteroatoms. The van der Waals surface area contributed by atoms with Gasteiger partial charge in [0.25, 0.3) is 0 Å². The van der Waals surface area contributed by atoms with E-state index < -0.39 is 12.1 Å². The number of Topliss-reactive ketones (excluding diaryl/α,β-unsaturated/α-hetero) is 1. The summed E-state index contributed by atoms with van der Waals surface area (Å²) in [5.41, 5.74) is 5.77. The number of anilines is 1. The number of nitrogens with two attached hydrogens (primary N) is 1. The minimum absolute atomic E-state index is 0.00373. The number of hydrogen-bond donors (Lipinski definition) is 3. The van der Waals surface area contributed by atoms with E-state index in [9.17, 15) is 14.4 Å². The Hall–Kier alpha value is -2.57. The van der Waals surface area contributed by atoms with Crippen LogP contribution >= 0.6 is 0 Å². The molecule has 0 unspecified atom stereocenters. The Balaban J connectivity index is 2.42. The van der Waals surface area contributed by atoms with Gasteiger partial charge in [-0.3, -0.25) is 4.79 Å². The summed E-state index contributed by atoms with van der Waals surface area (Å²) in [6.45, 7) is 1.58. The van der Waals surface area contributed by atoms with Gasteiger partial charge in [0.1, 0.15) is 6.61 Å². The van der Waals surface area contributed by atoms with Gasteiger partial charge in [-0.15, -0.1) is 0 Å². The molecule has 0 aromatic heterocycles. The second-order valence-electron chi connectivity index (χ2n) is 3.69. The topological polar surface area (TPSA) is 111 Å². The molecular formula is C12H15N3O4. The van der Waals surface area contributed by atoms with Crippen LogP contribution in [0.15, 0.2) is 24.3 Å². The first-order chi connectivity index (χ1) is 8.99. The lowest BCUT2D eigenvalue weighted by Gasteiger charge is -2.08. The molecule has 0 saturated carbocycles. The highest BCUT2D eigenvalue weighted by Crippen LogP contribution is 2.10. The number of ketones is 1. The number of urea groups is 1. The van der Waals surface area contributed by atoms with Crippen LogP contribution in [-0.2, 0) is 4.74 Å². The summed E-state index contributed by atoms with van der Waals surface area (Å²) in [6.07, 6.45) is -0.892. The zero-order valence-corrected chi connectivity index (χ0v) is 10.4. The van der Waals surface area contributed by atoms with Crippen molar-refractivity contribution in [2.75, 3.05) is 18.5 Å². The Morgan fingerprint density at radius 2 is 2.05 bits per heavy atom. The number of amides is 3. The van der Waals surface area contributed by atoms with E-state index in [0.717, 1.165) is 0 Å². The SMILES string of the molecule is CC(=O)c1cccc(NC(=O)NCCOC(N)=O)c1. The van der Waals surface area contributed by atoms with Crippen molar-refractivity contribution < 1.29 is 19.1 Å². The molecule has 19 heavy (non-hydrogen) atoms. The molecule has 0 aliphatic carbocycles. The van der Waals surface area contributed by atoms with Gasteiger partial charge in [0, 0.05) is 11.3 Å². The zero-order valence-electron chi connectivity index (χ0n) is 10.4.